The van der Waals surface area contributed by atoms with Crippen molar-refractivity contribution in [2.75, 3.05) is 5.32 Å². The summed E-state index contributed by atoms with van der Waals surface area (Å²) in [5, 5.41) is 3.32. The van der Waals surface area contributed by atoms with Gasteiger partial charge in [0.1, 0.15) is 0 Å². The van der Waals surface area contributed by atoms with E-state index in [-0.39, 0.29) is 5.91 Å². The number of hydrogen-bond donors (Lipinski definition) is 3. The summed E-state index contributed by atoms with van der Waals surface area (Å²) < 4.78 is 0. The summed E-state index contributed by atoms with van der Waals surface area (Å²) in [6.45, 7) is 1.40. The summed E-state index contributed by atoms with van der Waals surface area (Å²) in [6, 6.07) is 21.1. The first-order chi connectivity index (χ1) is 14.9. The van der Waals surface area contributed by atoms with E-state index in [1.54, 1.807) is 48.2 Å². The lowest BCUT2D eigenvalue weighted by atomic mass is 10.1. The predicted molar refractivity (Wildman–Crippen MR) is 123 cm³/mol. The van der Waals surface area contributed by atoms with E-state index in [1.165, 1.54) is 6.92 Å². The van der Waals surface area contributed by atoms with Crippen LogP contribution < -0.4 is 16.2 Å². The van der Waals surface area contributed by atoms with E-state index in [2.05, 4.69) is 16.2 Å². The summed E-state index contributed by atoms with van der Waals surface area (Å²) in [6.07, 6.45) is 0. The first-order valence-corrected chi connectivity index (χ1v) is 10.7. The van der Waals surface area contributed by atoms with Gasteiger partial charge in [-0.15, -0.1) is 11.8 Å². The number of hydrogen-bond acceptors (Lipinski definition) is 4. The highest BCUT2D eigenvalue weighted by Crippen LogP contribution is 2.24. The van der Waals surface area contributed by atoms with E-state index in [1.807, 2.05) is 36.4 Å². The standard InChI is InChI=1S/C23H20ClN3O3S/c1-15(28)25-20-10-6-18(7-11-20)23(30)27-26-22(29)17-4-2-16(3-5-17)14-31-21-12-8-19(24)9-13-21/h2-13H,14H2,1H3,(H,25,28)(H,26,29)(H,27,30). The molecule has 0 fully saturated rings. The molecule has 0 aliphatic carbocycles. The van der Waals surface area contributed by atoms with Gasteiger partial charge in [0.15, 0.2) is 0 Å². The lowest BCUT2D eigenvalue weighted by molar-refractivity contribution is -0.114. The lowest BCUT2D eigenvalue weighted by Crippen LogP contribution is -2.41. The molecular formula is C23H20ClN3O3S. The Morgan fingerprint density at radius 1 is 0.774 bits per heavy atom. The number of thioether (sulfide) groups is 1. The van der Waals surface area contributed by atoms with Crippen LogP contribution in [0.3, 0.4) is 0 Å². The third-order valence-electron chi connectivity index (χ3n) is 4.19. The molecule has 0 radical (unpaired) electrons. The second kappa shape index (κ2) is 10.7. The van der Waals surface area contributed by atoms with Crippen LogP contribution in [0.25, 0.3) is 0 Å². The molecule has 0 unspecified atom stereocenters. The van der Waals surface area contributed by atoms with E-state index >= 15 is 0 Å². The second-order valence-electron chi connectivity index (χ2n) is 6.61. The van der Waals surface area contributed by atoms with Crippen molar-refractivity contribution in [2.45, 2.75) is 17.6 Å². The van der Waals surface area contributed by atoms with Crippen LogP contribution in [0, 0.1) is 0 Å². The molecule has 3 aromatic carbocycles. The van der Waals surface area contributed by atoms with E-state index in [4.69, 9.17) is 11.6 Å². The van der Waals surface area contributed by atoms with Gasteiger partial charge in [-0.2, -0.15) is 0 Å². The molecule has 0 heterocycles. The molecule has 0 atom stereocenters. The lowest BCUT2D eigenvalue weighted by Gasteiger charge is -2.09. The molecule has 0 bridgehead atoms. The fourth-order valence-electron chi connectivity index (χ4n) is 2.62. The first kappa shape index (κ1) is 22.4. The predicted octanol–water partition coefficient (Wildman–Crippen LogP) is 4.67. The zero-order valence-electron chi connectivity index (χ0n) is 16.6. The normalized spacial score (nSPS) is 10.3. The zero-order valence-corrected chi connectivity index (χ0v) is 18.2. The SMILES string of the molecule is CC(=O)Nc1ccc(C(=O)NNC(=O)c2ccc(CSc3ccc(Cl)cc3)cc2)cc1. The Kier molecular flexibility index (Phi) is 7.70. The Morgan fingerprint density at radius 3 is 1.81 bits per heavy atom. The molecule has 6 nitrogen and oxygen atoms in total. The van der Waals surface area contributed by atoms with Gasteiger partial charge in [-0.25, -0.2) is 0 Å². The fraction of sp³-hybridized carbons (Fsp3) is 0.0870. The van der Waals surface area contributed by atoms with E-state index in [0.717, 1.165) is 16.2 Å². The number of amides is 3. The number of benzene rings is 3. The molecule has 0 spiro atoms. The van der Waals surface area contributed by atoms with Crippen molar-refractivity contribution in [1.82, 2.24) is 10.9 Å². The molecule has 0 aromatic heterocycles. The summed E-state index contributed by atoms with van der Waals surface area (Å²) in [4.78, 5) is 36.6. The maximum Gasteiger partial charge on any atom is 0.269 e. The van der Waals surface area contributed by atoms with Crippen LogP contribution in [-0.4, -0.2) is 17.7 Å². The van der Waals surface area contributed by atoms with Gasteiger partial charge >= 0.3 is 0 Å². The van der Waals surface area contributed by atoms with Crippen molar-refractivity contribution in [3.8, 4) is 0 Å². The van der Waals surface area contributed by atoms with Crippen LogP contribution >= 0.6 is 23.4 Å². The number of carbonyl (C=O) groups is 3. The topological polar surface area (TPSA) is 87.3 Å². The van der Waals surface area contributed by atoms with Crippen molar-refractivity contribution in [3.05, 3.63) is 94.5 Å². The monoisotopic (exact) mass is 453 g/mol. The van der Waals surface area contributed by atoms with Crippen molar-refractivity contribution in [1.29, 1.82) is 0 Å². The third kappa shape index (κ3) is 6.87. The van der Waals surface area contributed by atoms with Gasteiger partial charge in [0.25, 0.3) is 11.8 Å². The minimum Gasteiger partial charge on any atom is -0.326 e. The molecule has 0 aliphatic heterocycles. The average Bonchev–Trinajstić information content (AvgIpc) is 2.77. The van der Waals surface area contributed by atoms with Gasteiger partial charge in [-0.05, 0) is 66.2 Å². The summed E-state index contributed by atoms with van der Waals surface area (Å²) in [5.74, 6) is -0.313. The van der Waals surface area contributed by atoms with Gasteiger partial charge in [-0.3, -0.25) is 25.2 Å². The molecular weight excluding hydrogens is 434 g/mol. The second-order valence-corrected chi connectivity index (χ2v) is 8.09. The highest BCUT2D eigenvalue weighted by atomic mass is 35.5. The minimum absolute atomic E-state index is 0.195. The number of carbonyl (C=O) groups excluding carboxylic acids is 3. The molecule has 31 heavy (non-hydrogen) atoms. The Morgan fingerprint density at radius 2 is 1.29 bits per heavy atom. The van der Waals surface area contributed by atoms with Crippen LogP contribution in [0.2, 0.25) is 5.02 Å². The summed E-state index contributed by atoms with van der Waals surface area (Å²) in [5.41, 5.74) is 7.22. The Hall–Kier alpha value is -3.29. The van der Waals surface area contributed by atoms with E-state index in [9.17, 15) is 14.4 Å². The quantitative estimate of drug-likeness (QED) is 0.374. The summed E-state index contributed by atoms with van der Waals surface area (Å²) in [7, 11) is 0. The number of hydrazine groups is 1. The highest BCUT2D eigenvalue weighted by Gasteiger charge is 2.09. The largest absolute Gasteiger partial charge is 0.326 e. The fourth-order valence-corrected chi connectivity index (χ4v) is 3.60. The van der Waals surface area contributed by atoms with Crippen LogP contribution in [0.15, 0.2) is 77.7 Å². The Balaban J connectivity index is 1.49. The Bertz CT molecular complexity index is 1070. The smallest absolute Gasteiger partial charge is 0.269 e. The number of anilines is 1. The van der Waals surface area contributed by atoms with Crippen LogP contribution in [-0.2, 0) is 10.5 Å². The number of nitrogens with one attached hydrogen (secondary N) is 3. The molecule has 3 N–H and O–H groups in total. The first-order valence-electron chi connectivity index (χ1n) is 9.36. The maximum absolute atomic E-state index is 12.3. The average molecular weight is 454 g/mol. The summed E-state index contributed by atoms with van der Waals surface area (Å²) >= 11 is 7.56. The Labute approximate surface area is 189 Å². The molecule has 0 saturated heterocycles. The van der Waals surface area contributed by atoms with Crippen LogP contribution in [0.4, 0.5) is 5.69 Å². The van der Waals surface area contributed by atoms with Crippen LogP contribution in [0.5, 0.6) is 0 Å². The molecule has 0 saturated carbocycles. The van der Waals surface area contributed by atoms with Gasteiger partial charge in [0.2, 0.25) is 5.91 Å². The van der Waals surface area contributed by atoms with Crippen molar-refractivity contribution in [2.24, 2.45) is 0 Å². The third-order valence-corrected chi connectivity index (χ3v) is 5.53. The molecule has 158 valence electrons. The molecule has 3 rings (SSSR count). The van der Waals surface area contributed by atoms with E-state index < -0.39 is 11.8 Å². The number of rotatable bonds is 6. The molecule has 3 aromatic rings. The highest BCUT2D eigenvalue weighted by molar-refractivity contribution is 7.98. The van der Waals surface area contributed by atoms with Crippen molar-refractivity contribution in [3.63, 3.8) is 0 Å². The van der Waals surface area contributed by atoms with Crippen LogP contribution in [0.1, 0.15) is 33.2 Å². The van der Waals surface area contributed by atoms with Crippen molar-refractivity contribution < 1.29 is 14.4 Å². The molecule has 3 amide bonds. The molecule has 8 heteroatoms. The molecule has 0 aliphatic rings. The van der Waals surface area contributed by atoms with Crippen molar-refractivity contribution >= 4 is 46.8 Å². The maximum atomic E-state index is 12.3. The van der Waals surface area contributed by atoms with Gasteiger partial charge < -0.3 is 5.32 Å². The minimum atomic E-state index is -0.460. The van der Waals surface area contributed by atoms with Gasteiger partial charge in [0, 0.05) is 39.4 Å². The van der Waals surface area contributed by atoms with Gasteiger partial charge in [0.05, 0.1) is 0 Å². The zero-order chi connectivity index (χ0) is 22.2. The number of halogens is 1. The van der Waals surface area contributed by atoms with Gasteiger partial charge in [-0.1, -0.05) is 23.7 Å². The van der Waals surface area contributed by atoms with E-state index in [0.29, 0.717) is 21.8 Å².